The van der Waals surface area contributed by atoms with Gasteiger partial charge in [0.05, 0.1) is 10.6 Å². The van der Waals surface area contributed by atoms with Crippen molar-refractivity contribution in [2.75, 3.05) is 41.7 Å². The molecule has 0 unspecified atom stereocenters. The molecule has 0 N–H and O–H groups in total. The van der Waals surface area contributed by atoms with Crippen LogP contribution in [0, 0.1) is 0 Å². The van der Waals surface area contributed by atoms with E-state index >= 15 is 0 Å². The molecule has 0 spiro atoms. The van der Waals surface area contributed by atoms with Gasteiger partial charge in [-0.15, -0.1) is 11.8 Å². The Hall–Kier alpha value is -2.36. The zero-order valence-electron chi connectivity index (χ0n) is 18.4. The highest BCUT2D eigenvalue weighted by molar-refractivity contribution is 7.99. The molecule has 0 saturated carbocycles. The topological polar surface area (TPSA) is 78.0 Å². The van der Waals surface area contributed by atoms with E-state index in [0.717, 1.165) is 41.8 Å². The third-order valence-corrected chi connectivity index (χ3v) is 9.49. The van der Waals surface area contributed by atoms with Crippen LogP contribution in [0.3, 0.4) is 0 Å². The fourth-order valence-corrected chi connectivity index (χ4v) is 7.27. The van der Waals surface area contributed by atoms with Crippen molar-refractivity contribution in [3.05, 3.63) is 48.0 Å². The Morgan fingerprint density at radius 2 is 1.73 bits per heavy atom. The quantitative estimate of drug-likeness (QED) is 0.664. The van der Waals surface area contributed by atoms with Crippen molar-refractivity contribution in [2.24, 2.45) is 0 Å². The summed E-state index contributed by atoms with van der Waals surface area (Å²) in [6.07, 6.45) is 3.85. The predicted octanol–water partition coefficient (Wildman–Crippen LogP) is 3.28. The molecule has 7 nitrogen and oxygen atoms in total. The number of sulfonamides is 1. The lowest BCUT2D eigenvalue weighted by molar-refractivity contribution is -0.122. The number of para-hydroxylation sites is 1. The van der Waals surface area contributed by atoms with E-state index in [4.69, 9.17) is 0 Å². The number of carbonyl (C=O) groups excluding carboxylic acids is 2. The summed E-state index contributed by atoms with van der Waals surface area (Å²) < 4.78 is 28.0. The Labute approximate surface area is 198 Å². The summed E-state index contributed by atoms with van der Waals surface area (Å²) >= 11 is 1.52. The van der Waals surface area contributed by atoms with Gasteiger partial charge in [-0.25, -0.2) is 8.42 Å². The first-order valence-electron chi connectivity index (χ1n) is 11.4. The molecule has 2 amide bonds. The molecular formula is C24H27N3O4S2. The van der Waals surface area contributed by atoms with Crippen molar-refractivity contribution in [2.45, 2.75) is 41.9 Å². The van der Waals surface area contributed by atoms with E-state index in [-0.39, 0.29) is 23.3 Å². The molecule has 3 aliphatic heterocycles. The molecule has 2 aromatic carbocycles. The first-order valence-corrected chi connectivity index (χ1v) is 13.8. The highest BCUT2D eigenvalue weighted by Gasteiger charge is 2.32. The first-order chi connectivity index (χ1) is 15.9. The average molecular weight is 486 g/mol. The Kier molecular flexibility index (Phi) is 6.20. The molecule has 0 atom stereocenters. The van der Waals surface area contributed by atoms with E-state index in [0.29, 0.717) is 37.5 Å². The molecule has 0 bridgehead atoms. The van der Waals surface area contributed by atoms with Crippen LogP contribution >= 0.6 is 11.8 Å². The molecule has 0 aromatic heterocycles. The Morgan fingerprint density at radius 1 is 0.939 bits per heavy atom. The molecule has 9 heteroatoms. The van der Waals surface area contributed by atoms with Crippen LogP contribution in [0.1, 0.15) is 31.2 Å². The van der Waals surface area contributed by atoms with Crippen molar-refractivity contribution < 1.29 is 18.0 Å². The zero-order valence-corrected chi connectivity index (χ0v) is 20.0. The van der Waals surface area contributed by atoms with E-state index in [9.17, 15) is 18.0 Å². The number of thioether (sulfide) groups is 1. The predicted molar refractivity (Wildman–Crippen MR) is 129 cm³/mol. The number of nitrogens with zero attached hydrogens (tertiary/aromatic N) is 3. The lowest BCUT2D eigenvalue weighted by atomic mass is 10.2. The molecule has 5 rings (SSSR count). The summed E-state index contributed by atoms with van der Waals surface area (Å²) in [4.78, 5) is 30.5. The van der Waals surface area contributed by atoms with Gasteiger partial charge in [-0.3, -0.25) is 9.59 Å². The molecule has 1 saturated heterocycles. The van der Waals surface area contributed by atoms with Gasteiger partial charge in [-0.2, -0.15) is 4.31 Å². The summed E-state index contributed by atoms with van der Waals surface area (Å²) in [7, 11) is -3.64. The monoisotopic (exact) mass is 485 g/mol. The molecule has 2 aromatic rings. The second kappa shape index (κ2) is 9.12. The van der Waals surface area contributed by atoms with E-state index in [1.165, 1.54) is 21.0 Å². The van der Waals surface area contributed by atoms with E-state index < -0.39 is 10.0 Å². The van der Waals surface area contributed by atoms with Gasteiger partial charge in [0.1, 0.15) is 6.54 Å². The van der Waals surface area contributed by atoms with Crippen LogP contribution in [0.2, 0.25) is 0 Å². The van der Waals surface area contributed by atoms with Crippen molar-refractivity contribution in [1.82, 2.24) is 4.31 Å². The number of anilines is 2. The average Bonchev–Trinajstić information content (AvgIpc) is 3.21. The fraction of sp³-hybridized carbons (Fsp3) is 0.417. The van der Waals surface area contributed by atoms with E-state index in [1.807, 2.05) is 24.3 Å². The Bertz CT molecular complexity index is 1190. The number of benzene rings is 2. The highest BCUT2D eigenvalue weighted by atomic mass is 32.2. The van der Waals surface area contributed by atoms with Gasteiger partial charge in [0.15, 0.2) is 0 Å². The van der Waals surface area contributed by atoms with Crippen LogP contribution < -0.4 is 9.80 Å². The number of carbonyl (C=O) groups is 2. The minimum absolute atomic E-state index is 0.103. The number of hydrogen-bond acceptors (Lipinski definition) is 5. The highest BCUT2D eigenvalue weighted by Crippen LogP contribution is 2.37. The van der Waals surface area contributed by atoms with Crippen molar-refractivity contribution in [3.8, 4) is 0 Å². The zero-order chi connectivity index (χ0) is 23.0. The number of fused-ring (bicyclic) bond motifs is 2. The molecule has 3 aliphatic rings. The van der Waals surface area contributed by atoms with Gasteiger partial charge in [0.2, 0.25) is 21.8 Å². The van der Waals surface area contributed by atoms with E-state index in [2.05, 4.69) is 0 Å². The standard InChI is InChI=1S/C24H27N3O4S2/c28-23-11-15-32-22-9-8-19(33(30,31)25-12-4-1-5-13-25)16-21(22)27(23)17-24(29)26-14-10-18-6-2-3-7-20(18)26/h2-3,6-9,16H,1,4-5,10-15,17H2. The molecule has 0 aliphatic carbocycles. The number of piperidine rings is 1. The van der Waals surface area contributed by atoms with Crippen molar-refractivity contribution in [1.29, 1.82) is 0 Å². The fourth-order valence-electron chi connectivity index (χ4n) is 4.75. The second-order valence-corrected chi connectivity index (χ2v) is 11.7. The maximum Gasteiger partial charge on any atom is 0.247 e. The lowest BCUT2D eigenvalue weighted by Crippen LogP contribution is -2.42. The third kappa shape index (κ3) is 4.29. The summed E-state index contributed by atoms with van der Waals surface area (Å²) in [5, 5.41) is 0. The molecule has 3 heterocycles. The second-order valence-electron chi connectivity index (χ2n) is 8.60. The molecule has 174 valence electrons. The number of amides is 2. The third-order valence-electron chi connectivity index (χ3n) is 6.53. The number of hydrogen-bond donors (Lipinski definition) is 0. The minimum Gasteiger partial charge on any atom is -0.310 e. The number of rotatable bonds is 4. The maximum atomic E-state index is 13.3. The summed E-state index contributed by atoms with van der Waals surface area (Å²) in [5.41, 5.74) is 2.53. The van der Waals surface area contributed by atoms with Crippen molar-refractivity contribution >= 4 is 45.0 Å². The summed E-state index contributed by atoms with van der Waals surface area (Å²) in [6, 6.07) is 12.8. The first kappa shape index (κ1) is 22.4. The van der Waals surface area contributed by atoms with Crippen LogP contribution in [0.4, 0.5) is 11.4 Å². The summed E-state index contributed by atoms with van der Waals surface area (Å²) in [6.45, 7) is 1.52. The smallest absolute Gasteiger partial charge is 0.247 e. The maximum absolute atomic E-state index is 13.3. The molecule has 1 fully saturated rings. The van der Waals surface area contributed by atoms with Crippen molar-refractivity contribution in [3.63, 3.8) is 0 Å². The normalized spacial score (nSPS) is 19.2. The largest absolute Gasteiger partial charge is 0.310 e. The Morgan fingerprint density at radius 3 is 2.55 bits per heavy atom. The van der Waals surface area contributed by atoms with Gasteiger partial charge >= 0.3 is 0 Å². The Balaban J connectivity index is 1.46. The van der Waals surface area contributed by atoms with Gasteiger partial charge in [-0.1, -0.05) is 24.6 Å². The molecule has 0 radical (unpaired) electrons. The van der Waals surface area contributed by atoms with Crippen LogP contribution in [0.5, 0.6) is 0 Å². The lowest BCUT2D eigenvalue weighted by Gasteiger charge is -2.28. The van der Waals surface area contributed by atoms with Gasteiger partial charge < -0.3 is 9.80 Å². The van der Waals surface area contributed by atoms with E-state index in [1.54, 1.807) is 23.1 Å². The van der Waals surface area contributed by atoms with Crippen LogP contribution in [0.25, 0.3) is 0 Å². The SMILES string of the molecule is O=C(CN1C(=O)CCSc2ccc(S(=O)(=O)N3CCCCC3)cc21)N1CCc2ccccc21. The van der Waals surface area contributed by atoms with Gasteiger partial charge in [0, 0.05) is 42.4 Å². The minimum atomic E-state index is -3.64. The van der Waals surface area contributed by atoms with Crippen LogP contribution in [-0.2, 0) is 26.0 Å². The van der Waals surface area contributed by atoms with Gasteiger partial charge in [-0.05, 0) is 49.1 Å². The van der Waals surface area contributed by atoms with Crippen LogP contribution in [-0.4, -0.2) is 56.5 Å². The molecular weight excluding hydrogens is 458 g/mol. The van der Waals surface area contributed by atoms with Crippen LogP contribution in [0.15, 0.2) is 52.3 Å². The van der Waals surface area contributed by atoms with Gasteiger partial charge in [0.25, 0.3) is 0 Å². The summed E-state index contributed by atoms with van der Waals surface area (Å²) in [5.74, 6) is 0.284. The molecule has 33 heavy (non-hydrogen) atoms.